The van der Waals surface area contributed by atoms with E-state index < -0.39 is 5.60 Å². The van der Waals surface area contributed by atoms with Gasteiger partial charge in [0, 0.05) is 18.4 Å². The topological polar surface area (TPSA) is 35.0 Å². The van der Waals surface area contributed by atoms with Crippen molar-refractivity contribution in [3.05, 3.63) is 22.2 Å². The fourth-order valence-electron chi connectivity index (χ4n) is 2.70. The molecule has 1 aliphatic carbocycles. The van der Waals surface area contributed by atoms with E-state index in [1.165, 1.54) is 12.8 Å². The van der Waals surface area contributed by atoms with Gasteiger partial charge in [0.2, 0.25) is 0 Å². The van der Waals surface area contributed by atoms with Crippen LogP contribution in [-0.2, 0) is 23.2 Å². The number of methoxy groups -OCH3 is 1. The molecule has 0 unspecified atom stereocenters. The van der Waals surface area contributed by atoms with Gasteiger partial charge in [-0.1, -0.05) is 25.4 Å². The number of hydrogen-bond acceptors (Lipinski definition) is 3. The summed E-state index contributed by atoms with van der Waals surface area (Å²) < 4.78 is 5.68. The van der Waals surface area contributed by atoms with E-state index in [0.29, 0.717) is 5.15 Å². The predicted octanol–water partition coefficient (Wildman–Crippen LogP) is 3.67. The van der Waals surface area contributed by atoms with E-state index in [0.717, 1.165) is 42.8 Å². The molecule has 1 aromatic rings. The maximum atomic E-state index is 6.32. The van der Waals surface area contributed by atoms with Crippen molar-refractivity contribution in [2.75, 3.05) is 7.11 Å². The Balaban J connectivity index is 2.48. The SMILES string of the molecule is CCC(CC)(OC)c1nc(Cl)c2c(n1)CCCC2. The van der Waals surface area contributed by atoms with Crippen LogP contribution in [0.1, 0.15) is 56.6 Å². The number of aryl methyl sites for hydroxylation is 1. The zero-order valence-electron chi connectivity index (χ0n) is 11.4. The predicted molar refractivity (Wildman–Crippen MR) is 73.0 cm³/mol. The number of ether oxygens (including phenoxy) is 1. The molecule has 2 rings (SSSR count). The summed E-state index contributed by atoms with van der Waals surface area (Å²) in [7, 11) is 1.73. The largest absolute Gasteiger partial charge is 0.370 e. The van der Waals surface area contributed by atoms with Gasteiger partial charge in [-0.25, -0.2) is 9.97 Å². The molecule has 100 valence electrons. The first-order chi connectivity index (χ1) is 8.66. The first-order valence-electron chi connectivity index (χ1n) is 6.77. The second-order valence-electron chi connectivity index (χ2n) is 4.88. The molecule has 0 saturated heterocycles. The van der Waals surface area contributed by atoms with Crippen LogP contribution in [0.25, 0.3) is 0 Å². The van der Waals surface area contributed by atoms with Gasteiger partial charge in [0.1, 0.15) is 10.8 Å². The van der Waals surface area contributed by atoms with Gasteiger partial charge < -0.3 is 4.74 Å². The third-order valence-electron chi connectivity index (χ3n) is 4.07. The monoisotopic (exact) mass is 268 g/mol. The highest BCUT2D eigenvalue weighted by Crippen LogP contribution is 2.33. The lowest BCUT2D eigenvalue weighted by Gasteiger charge is -2.30. The Morgan fingerprint density at radius 3 is 2.44 bits per heavy atom. The Morgan fingerprint density at radius 2 is 1.83 bits per heavy atom. The average molecular weight is 269 g/mol. The zero-order valence-corrected chi connectivity index (χ0v) is 12.2. The van der Waals surface area contributed by atoms with E-state index in [4.69, 9.17) is 21.3 Å². The van der Waals surface area contributed by atoms with Crippen LogP contribution in [0.4, 0.5) is 0 Å². The lowest BCUT2D eigenvalue weighted by Crippen LogP contribution is -2.30. The quantitative estimate of drug-likeness (QED) is 0.782. The van der Waals surface area contributed by atoms with Crippen molar-refractivity contribution in [1.29, 1.82) is 0 Å². The van der Waals surface area contributed by atoms with Gasteiger partial charge >= 0.3 is 0 Å². The van der Waals surface area contributed by atoms with Crippen LogP contribution in [0.2, 0.25) is 5.15 Å². The molecule has 0 radical (unpaired) electrons. The third-order valence-corrected chi connectivity index (χ3v) is 4.39. The van der Waals surface area contributed by atoms with Gasteiger partial charge in [-0.05, 0) is 38.5 Å². The summed E-state index contributed by atoms with van der Waals surface area (Å²) in [5.74, 6) is 0.751. The molecule has 0 amide bonds. The molecule has 0 bridgehead atoms. The summed E-state index contributed by atoms with van der Waals surface area (Å²) in [5.41, 5.74) is 1.87. The van der Waals surface area contributed by atoms with Crippen LogP contribution in [0.3, 0.4) is 0 Å². The number of nitrogens with zero attached hydrogens (tertiary/aromatic N) is 2. The van der Waals surface area contributed by atoms with Crippen molar-refractivity contribution < 1.29 is 4.74 Å². The number of rotatable bonds is 4. The maximum Gasteiger partial charge on any atom is 0.162 e. The molecule has 0 N–H and O–H groups in total. The molecule has 18 heavy (non-hydrogen) atoms. The van der Waals surface area contributed by atoms with Crippen LogP contribution in [0, 0.1) is 0 Å². The van der Waals surface area contributed by atoms with Crippen molar-refractivity contribution in [3.63, 3.8) is 0 Å². The van der Waals surface area contributed by atoms with Gasteiger partial charge in [0.05, 0.1) is 0 Å². The van der Waals surface area contributed by atoms with Crippen molar-refractivity contribution in [3.8, 4) is 0 Å². The van der Waals surface area contributed by atoms with Crippen molar-refractivity contribution in [2.24, 2.45) is 0 Å². The maximum absolute atomic E-state index is 6.32. The van der Waals surface area contributed by atoms with Crippen LogP contribution < -0.4 is 0 Å². The summed E-state index contributed by atoms with van der Waals surface area (Å²) in [6.07, 6.45) is 6.11. The fourth-order valence-corrected chi connectivity index (χ4v) is 2.98. The smallest absolute Gasteiger partial charge is 0.162 e. The molecule has 3 nitrogen and oxygen atoms in total. The van der Waals surface area contributed by atoms with Crippen LogP contribution in [0.15, 0.2) is 0 Å². The summed E-state index contributed by atoms with van der Waals surface area (Å²) in [6, 6.07) is 0. The van der Waals surface area contributed by atoms with Crippen LogP contribution in [0.5, 0.6) is 0 Å². The second-order valence-corrected chi connectivity index (χ2v) is 5.23. The lowest BCUT2D eigenvalue weighted by molar-refractivity contribution is -0.0293. The molecular formula is C14H21ClN2O. The number of halogens is 1. The minimum Gasteiger partial charge on any atom is -0.370 e. The van der Waals surface area contributed by atoms with Crippen LogP contribution >= 0.6 is 11.6 Å². The van der Waals surface area contributed by atoms with Crippen molar-refractivity contribution in [1.82, 2.24) is 9.97 Å². The summed E-state index contributed by atoms with van der Waals surface area (Å²) in [6.45, 7) is 4.20. The standard InChI is InChI=1S/C14H21ClN2O/c1-4-14(5-2,18-3)13-16-11-9-7-6-8-10(11)12(15)17-13/h4-9H2,1-3H3. The Hall–Kier alpha value is -0.670. The lowest BCUT2D eigenvalue weighted by atomic mass is 9.93. The minimum absolute atomic E-state index is 0.393. The first kappa shape index (κ1) is 13.8. The highest BCUT2D eigenvalue weighted by molar-refractivity contribution is 6.30. The molecule has 0 aromatic carbocycles. The van der Waals surface area contributed by atoms with Gasteiger partial charge in [0.15, 0.2) is 5.82 Å². The Bertz CT molecular complexity index is 422. The van der Waals surface area contributed by atoms with Crippen molar-refractivity contribution >= 4 is 11.6 Å². The van der Waals surface area contributed by atoms with Crippen molar-refractivity contribution in [2.45, 2.75) is 58.0 Å². The van der Waals surface area contributed by atoms with E-state index in [9.17, 15) is 0 Å². The van der Waals surface area contributed by atoms with E-state index in [1.807, 2.05) is 0 Å². The van der Waals surface area contributed by atoms with E-state index >= 15 is 0 Å². The molecule has 1 heterocycles. The van der Waals surface area contributed by atoms with E-state index in [1.54, 1.807) is 7.11 Å². The molecule has 0 fully saturated rings. The first-order valence-corrected chi connectivity index (χ1v) is 7.15. The number of aromatic nitrogens is 2. The molecule has 0 spiro atoms. The summed E-state index contributed by atoms with van der Waals surface area (Å²) >= 11 is 6.32. The van der Waals surface area contributed by atoms with E-state index in [2.05, 4.69) is 18.8 Å². The summed E-state index contributed by atoms with van der Waals surface area (Å²) in [4.78, 5) is 9.24. The third kappa shape index (κ3) is 2.26. The molecular weight excluding hydrogens is 248 g/mol. The highest BCUT2D eigenvalue weighted by Gasteiger charge is 2.33. The average Bonchev–Trinajstić information content (AvgIpc) is 2.42. The molecule has 0 atom stereocenters. The molecule has 1 aliphatic rings. The number of fused-ring (bicyclic) bond motifs is 1. The number of hydrogen-bond donors (Lipinski definition) is 0. The molecule has 1 aromatic heterocycles. The highest BCUT2D eigenvalue weighted by atomic mass is 35.5. The Morgan fingerprint density at radius 1 is 1.17 bits per heavy atom. The fraction of sp³-hybridized carbons (Fsp3) is 0.714. The molecule has 4 heteroatoms. The molecule has 0 aliphatic heterocycles. The minimum atomic E-state index is -0.393. The van der Waals surface area contributed by atoms with Gasteiger partial charge in [-0.15, -0.1) is 0 Å². The Labute approximate surface area is 114 Å². The molecule has 0 saturated carbocycles. The summed E-state index contributed by atoms with van der Waals surface area (Å²) in [5, 5.41) is 0.623. The van der Waals surface area contributed by atoms with Gasteiger partial charge in [-0.2, -0.15) is 0 Å². The van der Waals surface area contributed by atoms with Crippen LogP contribution in [-0.4, -0.2) is 17.1 Å². The zero-order chi connectivity index (χ0) is 13.2. The normalized spacial score (nSPS) is 15.6. The van der Waals surface area contributed by atoms with Gasteiger partial charge in [-0.3, -0.25) is 0 Å². The second kappa shape index (κ2) is 5.54. The Kier molecular flexibility index (Phi) is 4.23. The van der Waals surface area contributed by atoms with Gasteiger partial charge in [0.25, 0.3) is 0 Å². The van der Waals surface area contributed by atoms with E-state index in [-0.39, 0.29) is 0 Å².